The van der Waals surface area contributed by atoms with Gasteiger partial charge in [-0.1, -0.05) is 41.1 Å². The average Bonchev–Trinajstić information content (AvgIpc) is 2.28. The van der Waals surface area contributed by atoms with Crippen LogP contribution in [0.3, 0.4) is 0 Å². The zero-order chi connectivity index (χ0) is 12.0. The van der Waals surface area contributed by atoms with E-state index in [1.54, 1.807) is 7.11 Å². The summed E-state index contributed by atoms with van der Waals surface area (Å²) >= 11 is 3.49. The van der Waals surface area contributed by atoms with E-state index in [0.717, 1.165) is 16.5 Å². The van der Waals surface area contributed by atoms with Crippen molar-refractivity contribution in [3.05, 3.63) is 34.3 Å². The van der Waals surface area contributed by atoms with Crippen LogP contribution in [-0.4, -0.2) is 24.9 Å². The lowest BCUT2D eigenvalue weighted by Gasteiger charge is -2.19. The number of aliphatic hydroxyl groups excluding tert-OH is 1. The van der Waals surface area contributed by atoms with E-state index in [9.17, 15) is 5.11 Å². The fourth-order valence-electron chi connectivity index (χ4n) is 1.59. The fraction of sp³-hybridized carbons (Fsp3) is 0.538. The van der Waals surface area contributed by atoms with E-state index in [4.69, 9.17) is 4.74 Å². The number of ether oxygens (including phenoxy) is 1. The minimum Gasteiger partial charge on any atom is -0.393 e. The van der Waals surface area contributed by atoms with E-state index in [2.05, 4.69) is 22.9 Å². The Hall–Kier alpha value is -0.380. The normalized spacial score (nSPS) is 14.8. The summed E-state index contributed by atoms with van der Waals surface area (Å²) in [4.78, 5) is 0. The van der Waals surface area contributed by atoms with Gasteiger partial charge in [-0.3, -0.25) is 0 Å². The number of hydrogen-bond donors (Lipinski definition) is 1. The van der Waals surface area contributed by atoms with Gasteiger partial charge in [0.05, 0.1) is 6.10 Å². The van der Waals surface area contributed by atoms with Crippen molar-refractivity contribution in [2.24, 2.45) is 5.92 Å². The molecular weight excluding hydrogens is 268 g/mol. The topological polar surface area (TPSA) is 29.5 Å². The van der Waals surface area contributed by atoms with E-state index < -0.39 is 0 Å². The largest absolute Gasteiger partial charge is 0.393 e. The van der Waals surface area contributed by atoms with Gasteiger partial charge in [-0.15, -0.1) is 0 Å². The number of halogens is 1. The third-order valence-electron chi connectivity index (χ3n) is 2.82. The number of methoxy groups -OCH3 is 1. The summed E-state index contributed by atoms with van der Waals surface area (Å²) in [5, 5.41) is 10.0. The van der Waals surface area contributed by atoms with Gasteiger partial charge in [-0.2, -0.15) is 0 Å². The Bertz CT molecular complexity index is 315. The molecule has 1 aromatic carbocycles. The van der Waals surface area contributed by atoms with Crippen LogP contribution in [0.2, 0.25) is 0 Å². The molecule has 0 aliphatic rings. The molecule has 2 unspecified atom stereocenters. The molecule has 0 saturated heterocycles. The number of benzene rings is 1. The predicted octanol–water partition coefficient (Wildman–Crippen LogP) is 3.03. The molecule has 2 nitrogen and oxygen atoms in total. The first-order valence-electron chi connectivity index (χ1n) is 5.55. The van der Waals surface area contributed by atoms with E-state index in [0.29, 0.717) is 13.0 Å². The molecule has 1 aromatic rings. The van der Waals surface area contributed by atoms with Gasteiger partial charge in [0.15, 0.2) is 0 Å². The van der Waals surface area contributed by atoms with Crippen molar-refractivity contribution in [2.45, 2.75) is 25.9 Å². The van der Waals surface area contributed by atoms with Crippen LogP contribution in [0.4, 0.5) is 0 Å². The summed E-state index contributed by atoms with van der Waals surface area (Å²) in [5.41, 5.74) is 1.15. The predicted molar refractivity (Wildman–Crippen MR) is 69.5 cm³/mol. The van der Waals surface area contributed by atoms with Crippen molar-refractivity contribution in [1.29, 1.82) is 0 Å². The van der Waals surface area contributed by atoms with Crippen molar-refractivity contribution in [3.8, 4) is 0 Å². The van der Waals surface area contributed by atoms with Gasteiger partial charge in [0.25, 0.3) is 0 Å². The third kappa shape index (κ3) is 4.24. The van der Waals surface area contributed by atoms with E-state index in [1.807, 2.05) is 24.3 Å². The molecule has 0 aromatic heterocycles. The van der Waals surface area contributed by atoms with Crippen molar-refractivity contribution in [1.82, 2.24) is 0 Å². The molecule has 1 rings (SSSR count). The smallest absolute Gasteiger partial charge is 0.0607 e. The first kappa shape index (κ1) is 13.7. The highest BCUT2D eigenvalue weighted by Crippen LogP contribution is 2.20. The van der Waals surface area contributed by atoms with E-state index in [-0.39, 0.29) is 12.0 Å². The molecule has 0 heterocycles. The minimum atomic E-state index is -0.311. The second-order valence-electron chi connectivity index (χ2n) is 4.12. The number of hydrogen-bond acceptors (Lipinski definition) is 2. The Morgan fingerprint density at radius 2 is 2.06 bits per heavy atom. The van der Waals surface area contributed by atoms with Gasteiger partial charge in [0.2, 0.25) is 0 Å². The Balaban J connectivity index is 2.50. The monoisotopic (exact) mass is 286 g/mol. The molecule has 0 amide bonds. The van der Waals surface area contributed by atoms with Crippen LogP contribution in [-0.2, 0) is 11.2 Å². The Morgan fingerprint density at radius 3 is 2.69 bits per heavy atom. The molecule has 1 N–H and O–H groups in total. The molecule has 90 valence electrons. The molecule has 0 aliphatic carbocycles. The van der Waals surface area contributed by atoms with E-state index in [1.165, 1.54) is 0 Å². The molecule has 0 bridgehead atoms. The van der Waals surface area contributed by atoms with Crippen LogP contribution in [0.1, 0.15) is 18.9 Å². The van der Waals surface area contributed by atoms with Gasteiger partial charge in [-0.25, -0.2) is 0 Å². The molecule has 0 fully saturated rings. The lowest BCUT2D eigenvalue weighted by atomic mass is 9.95. The maximum atomic E-state index is 10.0. The standard InChI is InChI=1S/C13H19BrO2/c1-10(7-8-16-2)13(15)9-11-5-3-4-6-12(11)14/h3-6,10,13,15H,7-9H2,1-2H3. The highest BCUT2D eigenvalue weighted by molar-refractivity contribution is 9.10. The molecule has 0 spiro atoms. The highest BCUT2D eigenvalue weighted by Gasteiger charge is 2.15. The van der Waals surface area contributed by atoms with Crippen LogP contribution >= 0.6 is 15.9 Å². The molecule has 0 aliphatic heterocycles. The summed E-state index contributed by atoms with van der Waals surface area (Å²) in [6, 6.07) is 8.01. The van der Waals surface area contributed by atoms with Crippen LogP contribution < -0.4 is 0 Å². The summed E-state index contributed by atoms with van der Waals surface area (Å²) in [6.07, 6.45) is 1.27. The molecule has 0 saturated carbocycles. The molecule has 0 radical (unpaired) electrons. The van der Waals surface area contributed by atoms with Crippen molar-refractivity contribution in [2.75, 3.05) is 13.7 Å². The minimum absolute atomic E-state index is 0.257. The van der Waals surface area contributed by atoms with Gasteiger partial charge >= 0.3 is 0 Å². The molecule has 16 heavy (non-hydrogen) atoms. The highest BCUT2D eigenvalue weighted by atomic mass is 79.9. The first-order valence-corrected chi connectivity index (χ1v) is 6.35. The van der Waals surface area contributed by atoms with Crippen molar-refractivity contribution < 1.29 is 9.84 Å². The maximum Gasteiger partial charge on any atom is 0.0607 e. The Kier molecular flexibility index (Phi) is 6.03. The van der Waals surface area contributed by atoms with Crippen LogP contribution in [0.5, 0.6) is 0 Å². The fourth-order valence-corrected chi connectivity index (χ4v) is 2.03. The average molecular weight is 287 g/mol. The van der Waals surface area contributed by atoms with Crippen LogP contribution in [0.25, 0.3) is 0 Å². The van der Waals surface area contributed by atoms with Crippen LogP contribution in [0.15, 0.2) is 28.7 Å². The second-order valence-corrected chi connectivity index (χ2v) is 4.98. The zero-order valence-corrected chi connectivity index (χ0v) is 11.4. The summed E-state index contributed by atoms with van der Waals surface area (Å²) < 4.78 is 6.08. The number of aliphatic hydroxyl groups is 1. The Labute approximate surface area is 106 Å². The zero-order valence-electron chi connectivity index (χ0n) is 9.82. The second kappa shape index (κ2) is 7.05. The van der Waals surface area contributed by atoms with Crippen molar-refractivity contribution in [3.63, 3.8) is 0 Å². The first-order chi connectivity index (χ1) is 7.65. The lowest BCUT2D eigenvalue weighted by molar-refractivity contribution is 0.0886. The maximum absolute atomic E-state index is 10.0. The summed E-state index contributed by atoms with van der Waals surface area (Å²) in [5.74, 6) is 0.257. The summed E-state index contributed by atoms with van der Waals surface area (Å²) in [6.45, 7) is 2.76. The molecular formula is C13H19BrO2. The quantitative estimate of drug-likeness (QED) is 0.871. The van der Waals surface area contributed by atoms with E-state index >= 15 is 0 Å². The Morgan fingerprint density at radius 1 is 1.38 bits per heavy atom. The van der Waals surface area contributed by atoms with Gasteiger partial charge < -0.3 is 9.84 Å². The van der Waals surface area contributed by atoms with Crippen LogP contribution in [0, 0.1) is 5.92 Å². The lowest BCUT2D eigenvalue weighted by Crippen LogP contribution is -2.21. The number of rotatable bonds is 6. The van der Waals surface area contributed by atoms with Gasteiger partial charge in [0.1, 0.15) is 0 Å². The van der Waals surface area contributed by atoms with Crippen molar-refractivity contribution >= 4 is 15.9 Å². The third-order valence-corrected chi connectivity index (χ3v) is 3.59. The van der Waals surface area contributed by atoms with Gasteiger partial charge in [0, 0.05) is 18.2 Å². The molecule has 3 heteroatoms. The summed E-state index contributed by atoms with van der Waals surface area (Å²) in [7, 11) is 1.69. The molecule has 2 atom stereocenters. The van der Waals surface area contributed by atoms with Gasteiger partial charge in [-0.05, 0) is 30.4 Å². The SMILES string of the molecule is COCCC(C)C(O)Cc1ccccc1Br.